The van der Waals surface area contributed by atoms with Crippen molar-refractivity contribution < 1.29 is 4.79 Å². The van der Waals surface area contributed by atoms with E-state index in [1.165, 1.54) is 12.8 Å². The first-order valence-corrected chi connectivity index (χ1v) is 7.30. The van der Waals surface area contributed by atoms with E-state index in [4.69, 9.17) is 0 Å². The number of hydrogen-bond acceptors (Lipinski definition) is 5. The lowest BCUT2D eigenvalue weighted by Gasteiger charge is -2.23. The van der Waals surface area contributed by atoms with Gasteiger partial charge in [-0.3, -0.25) is 4.79 Å². The van der Waals surface area contributed by atoms with Crippen LogP contribution in [0.15, 0.2) is 12.4 Å². The van der Waals surface area contributed by atoms with Crippen LogP contribution < -0.4 is 15.5 Å². The smallest absolute Gasteiger partial charge is 0.242 e. The Labute approximate surface area is 119 Å². The van der Waals surface area contributed by atoms with Gasteiger partial charge in [-0.25, -0.2) is 9.97 Å². The molecule has 1 aromatic heterocycles. The number of nitrogens with one attached hydrogen (secondary N) is 2. The molecule has 1 saturated heterocycles. The molecule has 1 amide bonds. The zero-order valence-corrected chi connectivity index (χ0v) is 11.8. The molecule has 1 aromatic rings. The number of carbonyl (C=O) groups excluding carboxylic acids is 1. The highest BCUT2D eigenvalue weighted by Crippen LogP contribution is 2.22. The molecular formula is C14H21N5O. The maximum atomic E-state index is 11.8. The van der Waals surface area contributed by atoms with E-state index in [9.17, 15) is 4.79 Å². The minimum atomic E-state index is -0.129. The van der Waals surface area contributed by atoms with Crippen LogP contribution in [0.25, 0.3) is 0 Å². The molecule has 1 saturated carbocycles. The minimum Gasteiger partial charge on any atom is -0.357 e. The van der Waals surface area contributed by atoms with Gasteiger partial charge < -0.3 is 15.5 Å². The van der Waals surface area contributed by atoms with Gasteiger partial charge in [0.05, 0.1) is 0 Å². The Morgan fingerprint density at radius 2 is 2.10 bits per heavy atom. The van der Waals surface area contributed by atoms with Gasteiger partial charge in [0.25, 0.3) is 0 Å². The van der Waals surface area contributed by atoms with Crippen LogP contribution in [-0.2, 0) is 11.3 Å². The zero-order chi connectivity index (χ0) is 13.9. The Morgan fingerprint density at radius 3 is 2.75 bits per heavy atom. The summed E-state index contributed by atoms with van der Waals surface area (Å²) < 4.78 is 0. The quantitative estimate of drug-likeness (QED) is 0.816. The molecule has 0 radical (unpaired) electrons. The van der Waals surface area contributed by atoms with E-state index >= 15 is 0 Å². The molecule has 2 N–H and O–H groups in total. The number of rotatable bonds is 5. The number of amides is 1. The molecule has 1 aliphatic heterocycles. The first-order chi connectivity index (χ1) is 9.78. The molecule has 1 atom stereocenters. The molecule has 1 aliphatic carbocycles. The van der Waals surface area contributed by atoms with Crippen molar-refractivity contribution >= 4 is 11.9 Å². The molecule has 0 spiro atoms. The molecule has 0 bridgehead atoms. The van der Waals surface area contributed by atoms with Gasteiger partial charge in [-0.05, 0) is 25.7 Å². The summed E-state index contributed by atoms with van der Waals surface area (Å²) in [4.78, 5) is 22.7. The number of carbonyl (C=O) groups is 1. The molecule has 2 heterocycles. The normalized spacial score (nSPS) is 22.1. The fraction of sp³-hybridized carbons (Fsp3) is 0.643. The lowest BCUT2D eigenvalue weighted by atomic mass is 10.2. The summed E-state index contributed by atoms with van der Waals surface area (Å²) in [6, 6.07) is 0.557. The summed E-state index contributed by atoms with van der Waals surface area (Å²) in [5.41, 5.74) is 1.09. The Morgan fingerprint density at radius 1 is 1.35 bits per heavy atom. The van der Waals surface area contributed by atoms with E-state index in [0.29, 0.717) is 12.0 Å². The van der Waals surface area contributed by atoms with E-state index in [1.54, 1.807) is 7.05 Å². The fourth-order valence-electron chi connectivity index (χ4n) is 2.58. The highest BCUT2D eigenvalue weighted by Gasteiger charge is 2.31. The molecule has 3 rings (SSSR count). The van der Waals surface area contributed by atoms with Crippen molar-refractivity contribution in [2.75, 3.05) is 18.5 Å². The second kappa shape index (κ2) is 5.75. The molecule has 0 aromatic carbocycles. The Bertz CT molecular complexity index is 471. The van der Waals surface area contributed by atoms with Crippen LogP contribution in [0, 0.1) is 0 Å². The largest absolute Gasteiger partial charge is 0.357 e. The van der Waals surface area contributed by atoms with E-state index in [-0.39, 0.29) is 11.9 Å². The summed E-state index contributed by atoms with van der Waals surface area (Å²) in [6.07, 6.45) is 8.15. The Balaban J connectivity index is 1.64. The summed E-state index contributed by atoms with van der Waals surface area (Å²) in [6.45, 7) is 1.67. The Hall–Kier alpha value is -1.69. The molecule has 2 aliphatic rings. The third-order valence-corrected chi connectivity index (χ3v) is 3.92. The summed E-state index contributed by atoms with van der Waals surface area (Å²) in [7, 11) is 1.67. The second-order valence-electron chi connectivity index (χ2n) is 5.51. The van der Waals surface area contributed by atoms with Crippen LogP contribution in [0.2, 0.25) is 0 Å². The number of nitrogens with zero attached hydrogens (tertiary/aromatic N) is 3. The number of anilines is 1. The molecule has 6 heteroatoms. The molecule has 20 heavy (non-hydrogen) atoms. The van der Waals surface area contributed by atoms with Crippen LogP contribution in [0.5, 0.6) is 0 Å². The van der Waals surface area contributed by atoms with E-state index in [0.717, 1.165) is 31.5 Å². The van der Waals surface area contributed by atoms with Crippen LogP contribution in [0.4, 0.5) is 5.95 Å². The number of likely N-dealkylation sites (N-methyl/N-ethyl adjacent to an activating group) is 1. The van der Waals surface area contributed by atoms with Gasteiger partial charge in [0.15, 0.2) is 0 Å². The predicted molar refractivity (Wildman–Crippen MR) is 76.3 cm³/mol. The van der Waals surface area contributed by atoms with Crippen molar-refractivity contribution in [2.45, 2.75) is 44.3 Å². The van der Waals surface area contributed by atoms with Crippen molar-refractivity contribution in [3.63, 3.8) is 0 Å². The molecular weight excluding hydrogens is 254 g/mol. The summed E-state index contributed by atoms with van der Waals surface area (Å²) in [5, 5.41) is 6.15. The van der Waals surface area contributed by atoms with Gasteiger partial charge in [-0.1, -0.05) is 0 Å². The monoisotopic (exact) mass is 275 g/mol. The van der Waals surface area contributed by atoms with Gasteiger partial charge in [-0.2, -0.15) is 0 Å². The SMILES string of the molecule is CNC(=O)C1CCCN1c1ncc(CNC2CC2)cn1. The van der Waals surface area contributed by atoms with Gasteiger partial charge in [0.1, 0.15) is 6.04 Å². The molecule has 6 nitrogen and oxygen atoms in total. The lowest BCUT2D eigenvalue weighted by molar-refractivity contribution is -0.121. The number of hydrogen-bond donors (Lipinski definition) is 2. The van der Waals surface area contributed by atoms with E-state index in [2.05, 4.69) is 20.6 Å². The first kappa shape index (κ1) is 13.3. The average molecular weight is 275 g/mol. The number of aromatic nitrogens is 2. The first-order valence-electron chi connectivity index (χ1n) is 7.30. The third kappa shape index (κ3) is 2.90. The summed E-state index contributed by atoms with van der Waals surface area (Å²) >= 11 is 0. The maximum absolute atomic E-state index is 11.8. The highest BCUT2D eigenvalue weighted by atomic mass is 16.2. The summed E-state index contributed by atoms with van der Waals surface area (Å²) in [5.74, 6) is 0.705. The van der Waals surface area contributed by atoms with Gasteiger partial charge in [0, 0.05) is 44.1 Å². The van der Waals surface area contributed by atoms with E-state index in [1.807, 2.05) is 17.3 Å². The third-order valence-electron chi connectivity index (χ3n) is 3.92. The Kier molecular flexibility index (Phi) is 3.82. The average Bonchev–Trinajstić information content (AvgIpc) is 3.19. The molecule has 108 valence electrons. The standard InChI is InChI=1S/C14H21N5O/c1-15-13(20)12-3-2-6-19(12)14-17-8-10(9-18-14)7-16-11-4-5-11/h8-9,11-12,16H,2-7H2,1H3,(H,15,20). The maximum Gasteiger partial charge on any atom is 0.242 e. The van der Waals surface area contributed by atoms with Crippen molar-refractivity contribution in [3.05, 3.63) is 18.0 Å². The lowest BCUT2D eigenvalue weighted by Crippen LogP contribution is -2.42. The van der Waals surface area contributed by atoms with Crippen LogP contribution in [0.3, 0.4) is 0 Å². The zero-order valence-electron chi connectivity index (χ0n) is 11.8. The van der Waals surface area contributed by atoms with Crippen LogP contribution >= 0.6 is 0 Å². The fourth-order valence-corrected chi connectivity index (χ4v) is 2.58. The van der Waals surface area contributed by atoms with Crippen molar-refractivity contribution in [3.8, 4) is 0 Å². The van der Waals surface area contributed by atoms with Gasteiger partial charge in [-0.15, -0.1) is 0 Å². The molecule has 2 fully saturated rings. The van der Waals surface area contributed by atoms with Crippen LogP contribution in [0.1, 0.15) is 31.2 Å². The topological polar surface area (TPSA) is 70.2 Å². The van der Waals surface area contributed by atoms with Gasteiger partial charge >= 0.3 is 0 Å². The van der Waals surface area contributed by atoms with Crippen molar-refractivity contribution in [1.82, 2.24) is 20.6 Å². The second-order valence-corrected chi connectivity index (χ2v) is 5.51. The van der Waals surface area contributed by atoms with Crippen LogP contribution in [-0.4, -0.2) is 41.6 Å². The molecule has 1 unspecified atom stereocenters. The van der Waals surface area contributed by atoms with Crippen molar-refractivity contribution in [1.29, 1.82) is 0 Å². The van der Waals surface area contributed by atoms with Crippen molar-refractivity contribution in [2.24, 2.45) is 0 Å². The highest BCUT2D eigenvalue weighted by molar-refractivity contribution is 5.84. The predicted octanol–water partition coefficient (Wildman–Crippen LogP) is 0.443. The van der Waals surface area contributed by atoms with Gasteiger partial charge in [0.2, 0.25) is 11.9 Å². The minimum absolute atomic E-state index is 0.0468. The van der Waals surface area contributed by atoms with E-state index < -0.39 is 0 Å².